The highest BCUT2D eigenvalue weighted by molar-refractivity contribution is 7.99. The van der Waals surface area contributed by atoms with Crippen LogP contribution in [0.4, 0.5) is 11.4 Å². The number of nitrogens with one attached hydrogen (secondary N) is 1. The van der Waals surface area contributed by atoms with Gasteiger partial charge in [-0.3, -0.25) is 4.79 Å². The molecule has 0 saturated heterocycles. The van der Waals surface area contributed by atoms with Crippen molar-refractivity contribution in [3.05, 3.63) is 34.3 Å². The third-order valence-corrected chi connectivity index (χ3v) is 4.57. The maximum absolute atomic E-state index is 12.1. The van der Waals surface area contributed by atoms with Gasteiger partial charge in [0.25, 0.3) is 5.91 Å². The lowest BCUT2D eigenvalue weighted by Gasteiger charge is -2.09. The van der Waals surface area contributed by atoms with E-state index in [0.29, 0.717) is 17.1 Å². The zero-order valence-electron chi connectivity index (χ0n) is 11.5. The largest absolute Gasteiger partial charge is 0.397 e. The minimum atomic E-state index is -0.223. The Morgan fingerprint density at radius 1 is 1.50 bits per heavy atom. The fourth-order valence-corrected chi connectivity index (χ4v) is 3.01. The highest BCUT2D eigenvalue weighted by atomic mass is 32.2. The van der Waals surface area contributed by atoms with Crippen molar-refractivity contribution in [2.75, 3.05) is 16.8 Å². The maximum atomic E-state index is 12.1. The number of thiazole rings is 1. The summed E-state index contributed by atoms with van der Waals surface area (Å²) < 4.78 is 0. The second kappa shape index (κ2) is 6.76. The van der Waals surface area contributed by atoms with Crippen molar-refractivity contribution >= 4 is 40.4 Å². The summed E-state index contributed by atoms with van der Waals surface area (Å²) in [7, 11) is 0. The fourth-order valence-electron chi connectivity index (χ4n) is 1.61. The first-order valence-electron chi connectivity index (χ1n) is 6.36. The fraction of sp³-hybridized carbons (Fsp3) is 0.286. The summed E-state index contributed by atoms with van der Waals surface area (Å²) in [5.74, 6) is 0.821. The van der Waals surface area contributed by atoms with Gasteiger partial charge in [-0.2, -0.15) is 0 Å². The first kappa shape index (κ1) is 14.9. The quantitative estimate of drug-likeness (QED) is 0.651. The van der Waals surface area contributed by atoms with Crippen LogP contribution in [0.15, 0.2) is 28.5 Å². The number of nitrogens with zero attached hydrogens (tertiary/aromatic N) is 1. The minimum absolute atomic E-state index is 0.223. The highest BCUT2D eigenvalue weighted by Gasteiger charge is 2.11. The molecule has 0 bridgehead atoms. The number of carbonyl (C=O) groups is 1. The summed E-state index contributed by atoms with van der Waals surface area (Å²) in [6.45, 7) is 4.01. The number of hydrogen-bond donors (Lipinski definition) is 2. The summed E-state index contributed by atoms with van der Waals surface area (Å²) in [4.78, 5) is 17.3. The van der Waals surface area contributed by atoms with Gasteiger partial charge in [-0.25, -0.2) is 4.98 Å². The molecule has 106 valence electrons. The van der Waals surface area contributed by atoms with Crippen LogP contribution in [-0.2, 0) is 0 Å². The lowest BCUT2D eigenvalue weighted by molar-refractivity contribution is 0.102. The molecule has 0 atom stereocenters. The van der Waals surface area contributed by atoms with Crippen molar-refractivity contribution in [1.82, 2.24) is 4.98 Å². The third-order valence-electron chi connectivity index (χ3n) is 2.60. The van der Waals surface area contributed by atoms with Gasteiger partial charge in [-0.15, -0.1) is 23.1 Å². The monoisotopic (exact) mass is 307 g/mol. The predicted octanol–water partition coefficient (Wildman–Crippen LogP) is 3.79. The van der Waals surface area contributed by atoms with Gasteiger partial charge in [0.05, 0.1) is 16.4 Å². The van der Waals surface area contributed by atoms with Crippen molar-refractivity contribution in [2.24, 2.45) is 0 Å². The van der Waals surface area contributed by atoms with Gasteiger partial charge in [-0.1, -0.05) is 6.92 Å². The Hall–Kier alpha value is -1.53. The Balaban J connectivity index is 2.13. The number of rotatable bonds is 5. The standard InChI is InChI=1S/C14H17N3OS2/c1-3-6-19-10-4-5-11(15)12(7-10)17-14(18)13-8-20-9(2)16-13/h4-5,7-8H,3,6,15H2,1-2H3,(H,17,18). The predicted molar refractivity (Wildman–Crippen MR) is 86.7 cm³/mol. The van der Waals surface area contributed by atoms with E-state index in [9.17, 15) is 4.79 Å². The number of nitrogen functional groups attached to an aromatic ring is 1. The molecule has 0 saturated carbocycles. The van der Waals surface area contributed by atoms with Gasteiger partial charge in [0.15, 0.2) is 0 Å². The molecule has 0 radical (unpaired) electrons. The summed E-state index contributed by atoms with van der Waals surface area (Å²) in [6.07, 6.45) is 1.11. The molecule has 0 unspecified atom stereocenters. The first-order valence-corrected chi connectivity index (χ1v) is 8.22. The molecule has 0 aliphatic rings. The SMILES string of the molecule is CCCSc1ccc(N)c(NC(=O)c2csc(C)n2)c1. The Kier molecular flexibility index (Phi) is 5.03. The Morgan fingerprint density at radius 2 is 2.30 bits per heavy atom. The van der Waals surface area contributed by atoms with E-state index in [0.717, 1.165) is 22.1 Å². The van der Waals surface area contributed by atoms with Crippen LogP contribution in [0.3, 0.4) is 0 Å². The molecule has 1 aromatic heterocycles. The zero-order chi connectivity index (χ0) is 14.5. The highest BCUT2D eigenvalue weighted by Crippen LogP contribution is 2.27. The molecule has 4 nitrogen and oxygen atoms in total. The molecule has 0 fully saturated rings. The summed E-state index contributed by atoms with van der Waals surface area (Å²) in [5, 5.41) is 5.44. The molecule has 20 heavy (non-hydrogen) atoms. The average Bonchev–Trinajstić information content (AvgIpc) is 2.86. The number of hydrogen-bond acceptors (Lipinski definition) is 5. The molecule has 0 spiro atoms. The van der Waals surface area contributed by atoms with Gasteiger partial charge < -0.3 is 11.1 Å². The molecule has 1 aromatic carbocycles. The number of thioether (sulfide) groups is 1. The molecular formula is C14H17N3OS2. The molecule has 6 heteroatoms. The maximum Gasteiger partial charge on any atom is 0.275 e. The average molecular weight is 307 g/mol. The van der Waals surface area contributed by atoms with E-state index in [1.807, 2.05) is 25.1 Å². The van der Waals surface area contributed by atoms with Crippen LogP contribution >= 0.6 is 23.1 Å². The van der Waals surface area contributed by atoms with E-state index in [1.165, 1.54) is 11.3 Å². The van der Waals surface area contributed by atoms with E-state index in [-0.39, 0.29) is 5.91 Å². The second-order valence-corrected chi connectivity index (χ2v) is 6.53. The summed E-state index contributed by atoms with van der Waals surface area (Å²) in [5.41, 5.74) is 7.54. The van der Waals surface area contributed by atoms with Crippen molar-refractivity contribution in [3.63, 3.8) is 0 Å². The zero-order valence-corrected chi connectivity index (χ0v) is 13.1. The minimum Gasteiger partial charge on any atom is -0.397 e. The molecule has 0 aliphatic heterocycles. The first-order chi connectivity index (χ1) is 9.60. The number of amides is 1. The number of aryl methyl sites for hydroxylation is 1. The van der Waals surface area contributed by atoms with E-state index in [4.69, 9.17) is 5.73 Å². The van der Waals surface area contributed by atoms with Gasteiger partial charge in [0.2, 0.25) is 0 Å². The van der Waals surface area contributed by atoms with Crippen LogP contribution in [0.25, 0.3) is 0 Å². The van der Waals surface area contributed by atoms with Crippen molar-refractivity contribution in [2.45, 2.75) is 25.2 Å². The molecule has 3 N–H and O–H groups in total. The lowest BCUT2D eigenvalue weighted by atomic mass is 10.2. The van der Waals surface area contributed by atoms with Crippen LogP contribution < -0.4 is 11.1 Å². The van der Waals surface area contributed by atoms with Crippen LogP contribution in [0.1, 0.15) is 28.8 Å². The lowest BCUT2D eigenvalue weighted by Crippen LogP contribution is -2.13. The van der Waals surface area contributed by atoms with Crippen LogP contribution in [0, 0.1) is 6.92 Å². The van der Waals surface area contributed by atoms with Gasteiger partial charge >= 0.3 is 0 Å². The van der Waals surface area contributed by atoms with E-state index in [2.05, 4.69) is 17.2 Å². The van der Waals surface area contributed by atoms with Crippen LogP contribution in [0.2, 0.25) is 0 Å². The molecule has 2 rings (SSSR count). The molecule has 0 aliphatic carbocycles. The van der Waals surface area contributed by atoms with Crippen molar-refractivity contribution in [1.29, 1.82) is 0 Å². The number of benzene rings is 1. The van der Waals surface area contributed by atoms with E-state index < -0.39 is 0 Å². The topological polar surface area (TPSA) is 68.0 Å². The molecule has 1 amide bonds. The number of carbonyl (C=O) groups excluding carboxylic acids is 1. The van der Waals surface area contributed by atoms with E-state index in [1.54, 1.807) is 17.1 Å². The Morgan fingerprint density at radius 3 is 2.95 bits per heavy atom. The van der Waals surface area contributed by atoms with Crippen molar-refractivity contribution < 1.29 is 4.79 Å². The van der Waals surface area contributed by atoms with E-state index >= 15 is 0 Å². The van der Waals surface area contributed by atoms with Gasteiger partial charge in [0.1, 0.15) is 5.69 Å². The number of aromatic nitrogens is 1. The molecular weight excluding hydrogens is 290 g/mol. The van der Waals surface area contributed by atoms with Crippen molar-refractivity contribution in [3.8, 4) is 0 Å². The smallest absolute Gasteiger partial charge is 0.275 e. The van der Waals surface area contributed by atoms with Gasteiger partial charge in [-0.05, 0) is 37.3 Å². The van der Waals surface area contributed by atoms with Crippen LogP contribution in [0.5, 0.6) is 0 Å². The van der Waals surface area contributed by atoms with Gasteiger partial charge in [0, 0.05) is 10.3 Å². The van der Waals surface area contributed by atoms with Crippen LogP contribution in [-0.4, -0.2) is 16.6 Å². The Labute approximate surface area is 126 Å². The summed E-state index contributed by atoms with van der Waals surface area (Å²) in [6, 6.07) is 5.70. The number of anilines is 2. The second-order valence-electron chi connectivity index (χ2n) is 4.30. The third kappa shape index (κ3) is 3.74. The molecule has 2 aromatic rings. The molecule has 1 heterocycles. The normalized spacial score (nSPS) is 10.5. The summed E-state index contributed by atoms with van der Waals surface area (Å²) >= 11 is 3.20. The Bertz CT molecular complexity index is 610. The number of nitrogens with two attached hydrogens (primary N) is 1.